The van der Waals surface area contributed by atoms with Gasteiger partial charge in [-0.2, -0.15) is 5.10 Å². The van der Waals surface area contributed by atoms with Crippen LogP contribution in [0.4, 0.5) is 5.69 Å². The molecule has 1 amide bonds. The summed E-state index contributed by atoms with van der Waals surface area (Å²) in [6, 6.07) is 5.01. The van der Waals surface area contributed by atoms with Gasteiger partial charge in [0.15, 0.2) is 5.84 Å². The van der Waals surface area contributed by atoms with Gasteiger partial charge in [-0.05, 0) is 12.1 Å². The number of amidine groups is 1. The third-order valence-electron chi connectivity index (χ3n) is 2.01. The molecule has 6 N–H and O–H groups in total. The first-order valence-corrected chi connectivity index (χ1v) is 4.75. The van der Waals surface area contributed by atoms with E-state index in [0.717, 1.165) is 0 Å². The number of benzene rings is 1. The monoisotopic (exact) mass is 238 g/mol. The molecule has 0 aliphatic carbocycles. The highest BCUT2D eigenvalue weighted by Crippen LogP contribution is 2.24. The van der Waals surface area contributed by atoms with Crippen LogP contribution in [0.1, 0.15) is 5.56 Å². The lowest BCUT2D eigenvalue weighted by Gasteiger charge is -2.09. The number of ether oxygens (including phenoxy) is 1. The molecule has 7 heteroatoms. The number of nitrogen functional groups attached to an aromatic ring is 1. The van der Waals surface area contributed by atoms with E-state index >= 15 is 0 Å². The van der Waals surface area contributed by atoms with E-state index < -0.39 is 12.5 Å². The van der Waals surface area contributed by atoms with Crippen LogP contribution in [-0.2, 0) is 4.79 Å². The number of carbonyl (C=O) groups is 1. The molecule has 17 heavy (non-hydrogen) atoms. The summed E-state index contributed by atoms with van der Waals surface area (Å²) in [5, 5.41) is 12.1. The lowest BCUT2D eigenvalue weighted by Crippen LogP contribution is -2.26. The molecule has 0 fully saturated rings. The second-order valence-corrected chi connectivity index (χ2v) is 3.11. The maximum Gasteiger partial charge on any atom is 0.265 e. The number of hydrogen-bond donors (Lipinski definition) is 4. The van der Waals surface area contributed by atoms with Gasteiger partial charge < -0.3 is 21.3 Å². The van der Waals surface area contributed by atoms with Crippen LogP contribution in [-0.4, -0.2) is 30.6 Å². The van der Waals surface area contributed by atoms with Crippen molar-refractivity contribution in [1.82, 2.24) is 5.43 Å². The largest absolute Gasteiger partial charge is 0.495 e. The molecule has 0 radical (unpaired) electrons. The van der Waals surface area contributed by atoms with Gasteiger partial charge >= 0.3 is 0 Å². The molecule has 1 aromatic carbocycles. The Morgan fingerprint density at radius 1 is 1.59 bits per heavy atom. The van der Waals surface area contributed by atoms with Gasteiger partial charge in [-0.25, -0.2) is 5.43 Å². The summed E-state index contributed by atoms with van der Waals surface area (Å²) in [7, 11) is 1.48. The Morgan fingerprint density at radius 3 is 2.88 bits per heavy atom. The van der Waals surface area contributed by atoms with Crippen LogP contribution in [0.25, 0.3) is 0 Å². The summed E-state index contributed by atoms with van der Waals surface area (Å²) in [6.07, 6.45) is 0. The molecule has 0 heterocycles. The van der Waals surface area contributed by atoms with E-state index in [2.05, 4.69) is 10.5 Å². The number of carbonyl (C=O) groups excluding carboxylic acids is 1. The molecule has 0 atom stereocenters. The van der Waals surface area contributed by atoms with Crippen molar-refractivity contribution in [3.05, 3.63) is 23.8 Å². The van der Waals surface area contributed by atoms with Crippen molar-refractivity contribution in [1.29, 1.82) is 0 Å². The zero-order valence-electron chi connectivity index (χ0n) is 9.30. The molecule has 7 nitrogen and oxygen atoms in total. The number of aliphatic hydroxyl groups is 1. The Kier molecular flexibility index (Phi) is 4.29. The third kappa shape index (κ3) is 3.08. The smallest absolute Gasteiger partial charge is 0.265 e. The number of para-hydroxylation sites is 1. The fourth-order valence-electron chi connectivity index (χ4n) is 1.16. The third-order valence-corrected chi connectivity index (χ3v) is 2.01. The van der Waals surface area contributed by atoms with Gasteiger partial charge in [0.05, 0.1) is 12.8 Å². The number of hydrogen-bond acceptors (Lipinski definition) is 5. The first kappa shape index (κ1) is 12.8. The highest BCUT2D eigenvalue weighted by molar-refractivity contribution is 6.03. The highest BCUT2D eigenvalue weighted by Gasteiger charge is 2.08. The summed E-state index contributed by atoms with van der Waals surface area (Å²) in [5.74, 6) is -0.160. The number of nitrogens with two attached hydrogens (primary N) is 2. The molecule has 1 aromatic rings. The Hall–Kier alpha value is -2.28. The van der Waals surface area contributed by atoms with E-state index in [0.29, 0.717) is 17.0 Å². The zero-order chi connectivity index (χ0) is 12.8. The summed E-state index contributed by atoms with van der Waals surface area (Å²) >= 11 is 0. The van der Waals surface area contributed by atoms with Crippen molar-refractivity contribution in [2.24, 2.45) is 10.8 Å². The number of hydrazone groups is 1. The average molecular weight is 238 g/mol. The quantitative estimate of drug-likeness (QED) is 0.232. The minimum Gasteiger partial charge on any atom is -0.495 e. The molecular weight excluding hydrogens is 224 g/mol. The minimum absolute atomic E-state index is 0.0307. The number of rotatable bonds is 4. The predicted octanol–water partition coefficient (Wildman–Crippen LogP) is -0.994. The highest BCUT2D eigenvalue weighted by atomic mass is 16.5. The van der Waals surface area contributed by atoms with Gasteiger partial charge in [0.1, 0.15) is 12.4 Å². The van der Waals surface area contributed by atoms with Gasteiger partial charge in [-0.15, -0.1) is 0 Å². The van der Waals surface area contributed by atoms with Crippen LogP contribution < -0.4 is 21.6 Å². The van der Waals surface area contributed by atoms with Crippen LogP contribution in [0.2, 0.25) is 0 Å². The van der Waals surface area contributed by atoms with Gasteiger partial charge in [-0.3, -0.25) is 4.79 Å². The van der Waals surface area contributed by atoms with Gasteiger partial charge in [0.2, 0.25) is 0 Å². The molecule has 0 saturated carbocycles. The standard InChI is InChI=1S/C10H14N4O3/c1-17-7-4-2-3-6(9(7)11)10(12)14-13-8(16)5-15/h2-4,15H,5,11H2,1H3,(H2,12,14)(H,13,16). The Labute approximate surface area is 98.1 Å². The van der Waals surface area contributed by atoms with Crippen molar-refractivity contribution in [2.45, 2.75) is 0 Å². The fourth-order valence-corrected chi connectivity index (χ4v) is 1.16. The van der Waals surface area contributed by atoms with Crippen molar-refractivity contribution in [3.63, 3.8) is 0 Å². The normalized spacial score (nSPS) is 11.1. The van der Waals surface area contributed by atoms with Gasteiger partial charge in [0, 0.05) is 5.56 Å². The fraction of sp³-hybridized carbons (Fsp3) is 0.200. The van der Waals surface area contributed by atoms with Crippen LogP contribution in [0.5, 0.6) is 5.75 Å². The zero-order valence-corrected chi connectivity index (χ0v) is 9.30. The van der Waals surface area contributed by atoms with E-state index in [1.165, 1.54) is 7.11 Å². The minimum atomic E-state index is -0.662. The first-order valence-electron chi connectivity index (χ1n) is 4.75. The van der Waals surface area contributed by atoms with Crippen LogP contribution in [0, 0.1) is 0 Å². The number of methoxy groups -OCH3 is 1. The summed E-state index contributed by atoms with van der Waals surface area (Å²) in [5.41, 5.74) is 14.3. The molecule has 0 aromatic heterocycles. The van der Waals surface area contributed by atoms with E-state index in [9.17, 15) is 4.79 Å². The predicted molar refractivity (Wildman–Crippen MR) is 63.4 cm³/mol. The molecule has 0 unspecified atom stereocenters. The van der Waals surface area contributed by atoms with Crippen LogP contribution in [0.15, 0.2) is 23.3 Å². The average Bonchev–Trinajstić information content (AvgIpc) is 2.35. The van der Waals surface area contributed by atoms with E-state index in [4.69, 9.17) is 21.3 Å². The lowest BCUT2D eigenvalue weighted by atomic mass is 10.1. The topological polar surface area (TPSA) is 123 Å². The number of aliphatic hydroxyl groups excluding tert-OH is 1. The molecule has 0 spiro atoms. The van der Waals surface area contributed by atoms with E-state index in [1.54, 1.807) is 18.2 Å². The first-order chi connectivity index (χ1) is 8.10. The molecule has 1 rings (SSSR count). The molecule has 0 aliphatic heterocycles. The van der Waals surface area contributed by atoms with Crippen molar-refractivity contribution < 1.29 is 14.6 Å². The van der Waals surface area contributed by atoms with Gasteiger partial charge in [-0.1, -0.05) is 6.07 Å². The Bertz CT molecular complexity index is 445. The molecule has 0 aliphatic rings. The van der Waals surface area contributed by atoms with Gasteiger partial charge in [0.25, 0.3) is 5.91 Å². The van der Waals surface area contributed by atoms with Crippen molar-refractivity contribution in [2.75, 3.05) is 19.5 Å². The van der Waals surface area contributed by atoms with E-state index in [1.807, 2.05) is 0 Å². The number of nitrogens with zero attached hydrogens (tertiary/aromatic N) is 1. The number of amides is 1. The maximum absolute atomic E-state index is 10.8. The summed E-state index contributed by atoms with van der Waals surface area (Å²) < 4.78 is 5.02. The molecule has 0 bridgehead atoms. The second kappa shape index (κ2) is 5.71. The van der Waals surface area contributed by atoms with Crippen molar-refractivity contribution >= 4 is 17.4 Å². The van der Waals surface area contributed by atoms with Crippen LogP contribution in [0.3, 0.4) is 0 Å². The number of nitrogens with one attached hydrogen (secondary N) is 1. The molecule has 0 saturated heterocycles. The van der Waals surface area contributed by atoms with E-state index in [-0.39, 0.29) is 5.84 Å². The SMILES string of the molecule is COc1cccc(C(N)=NNC(=O)CO)c1N. The van der Waals surface area contributed by atoms with Crippen molar-refractivity contribution in [3.8, 4) is 5.75 Å². The molecular formula is C10H14N4O3. The Morgan fingerprint density at radius 2 is 2.29 bits per heavy atom. The Balaban J connectivity index is 2.96. The summed E-state index contributed by atoms with van der Waals surface area (Å²) in [6.45, 7) is -0.662. The summed E-state index contributed by atoms with van der Waals surface area (Å²) in [4.78, 5) is 10.8. The van der Waals surface area contributed by atoms with Crippen LogP contribution >= 0.6 is 0 Å². The second-order valence-electron chi connectivity index (χ2n) is 3.11. The molecule has 92 valence electrons. The lowest BCUT2D eigenvalue weighted by molar-refractivity contribution is -0.123. The number of anilines is 1. The maximum atomic E-state index is 10.8.